The lowest BCUT2D eigenvalue weighted by Gasteiger charge is -2.45. The Labute approximate surface area is 79.4 Å². The van der Waals surface area contributed by atoms with E-state index in [0.29, 0.717) is 0 Å². The van der Waals surface area contributed by atoms with Crippen molar-refractivity contribution < 1.29 is 0 Å². The first-order valence-electron chi connectivity index (χ1n) is 4.71. The lowest BCUT2D eigenvalue weighted by molar-refractivity contribution is 0.0764. The largest absolute Gasteiger partial charge is 0.323 e. The van der Waals surface area contributed by atoms with Gasteiger partial charge in [-0.25, -0.2) is 0 Å². The Morgan fingerprint density at radius 1 is 1.31 bits per heavy atom. The maximum absolute atomic E-state index is 5.92. The number of benzene rings is 1. The molecule has 0 unspecified atom stereocenters. The summed E-state index contributed by atoms with van der Waals surface area (Å²) in [5.74, 6) is 0. The van der Waals surface area contributed by atoms with Crippen LogP contribution in [0.15, 0.2) is 30.3 Å². The number of likely N-dealkylation sites (tertiary alicyclic amines) is 1. The van der Waals surface area contributed by atoms with E-state index in [0.717, 1.165) is 19.6 Å². The molecule has 0 amide bonds. The van der Waals surface area contributed by atoms with E-state index in [1.165, 1.54) is 5.56 Å². The summed E-state index contributed by atoms with van der Waals surface area (Å²) in [6.45, 7) is 5.17. The van der Waals surface area contributed by atoms with Gasteiger partial charge in [-0.05, 0) is 12.5 Å². The van der Waals surface area contributed by atoms with Crippen LogP contribution >= 0.6 is 0 Å². The van der Waals surface area contributed by atoms with Crippen molar-refractivity contribution in [2.45, 2.75) is 19.0 Å². The fourth-order valence-electron chi connectivity index (χ4n) is 1.93. The first-order valence-corrected chi connectivity index (χ1v) is 4.71. The smallest absolute Gasteiger partial charge is 0.0384 e. The molecule has 0 saturated carbocycles. The molecule has 1 saturated heterocycles. The summed E-state index contributed by atoms with van der Waals surface area (Å²) in [6.07, 6.45) is 0. The maximum atomic E-state index is 5.92. The minimum Gasteiger partial charge on any atom is -0.323 e. The average molecular weight is 176 g/mol. The number of hydrogen-bond donors (Lipinski definition) is 1. The molecule has 0 spiro atoms. The van der Waals surface area contributed by atoms with E-state index in [2.05, 4.69) is 36.1 Å². The Morgan fingerprint density at radius 2 is 1.92 bits per heavy atom. The molecule has 0 radical (unpaired) electrons. The topological polar surface area (TPSA) is 29.3 Å². The lowest BCUT2D eigenvalue weighted by atomic mass is 9.93. The summed E-state index contributed by atoms with van der Waals surface area (Å²) in [6, 6.07) is 10.5. The summed E-state index contributed by atoms with van der Waals surface area (Å²) in [5.41, 5.74) is 7.35. The summed E-state index contributed by atoms with van der Waals surface area (Å²) in [4.78, 5) is 2.37. The summed E-state index contributed by atoms with van der Waals surface area (Å²) in [7, 11) is 0. The molecule has 2 nitrogen and oxygen atoms in total. The summed E-state index contributed by atoms with van der Waals surface area (Å²) >= 11 is 0. The second-order valence-electron chi connectivity index (χ2n) is 4.28. The van der Waals surface area contributed by atoms with Crippen molar-refractivity contribution in [2.24, 2.45) is 5.73 Å². The second kappa shape index (κ2) is 3.13. The van der Waals surface area contributed by atoms with Gasteiger partial charge >= 0.3 is 0 Å². The minimum absolute atomic E-state index is 0.0504. The van der Waals surface area contributed by atoms with Crippen LogP contribution in [0.5, 0.6) is 0 Å². The highest BCUT2D eigenvalue weighted by Gasteiger charge is 2.34. The number of rotatable bonds is 2. The molecule has 1 fully saturated rings. The van der Waals surface area contributed by atoms with E-state index < -0.39 is 0 Å². The van der Waals surface area contributed by atoms with Crippen molar-refractivity contribution in [3.8, 4) is 0 Å². The van der Waals surface area contributed by atoms with Crippen molar-refractivity contribution >= 4 is 0 Å². The zero-order chi connectivity index (χ0) is 9.31. The molecular formula is C11H16N2. The van der Waals surface area contributed by atoms with Crippen LogP contribution in [0.3, 0.4) is 0 Å². The molecule has 1 aliphatic rings. The van der Waals surface area contributed by atoms with Crippen LogP contribution in [0.1, 0.15) is 12.5 Å². The zero-order valence-electron chi connectivity index (χ0n) is 8.03. The molecular weight excluding hydrogens is 160 g/mol. The number of nitrogens with two attached hydrogens (primary N) is 1. The SMILES string of the molecule is CC1(N)CN(Cc2ccccc2)C1. The first kappa shape index (κ1) is 8.73. The van der Waals surface area contributed by atoms with E-state index in [9.17, 15) is 0 Å². The molecule has 1 aromatic carbocycles. The molecule has 2 N–H and O–H groups in total. The monoisotopic (exact) mass is 176 g/mol. The molecule has 70 valence electrons. The quantitative estimate of drug-likeness (QED) is 0.734. The maximum Gasteiger partial charge on any atom is 0.0384 e. The highest BCUT2D eigenvalue weighted by Crippen LogP contribution is 2.19. The average Bonchev–Trinajstić information content (AvgIpc) is 2.03. The van der Waals surface area contributed by atoms with E-state index >= 15 is 0 Å². The van der Waals surface area contributed by atoms with Crippen molar-refractivity contribution in [1.82, 2.24) is 4.90 Å². The van der Waals surface area contributed by atoms with Crippen LogP contribution in [0.2, 0.25) is 0 Å². The van der Waals surface area contributed by atoms with Gasteiger partial charge < -0.3 is 5.73 Å². The van der Waals surface area contributed by atoms with Crippen molar-refractivity contribution in [3.63, 3.8) is 0 Å². The van der Waals surface area contributed by atoms with Gasteiger partial charge in [0.15, 0.2) is 0 Å². The fourth-order valence-corrected chi connectivity index (χ4v) is 1.93. The Bertz CT molecular complexity index is 271. The van der Waals surface area contributed by atoms with Gasteiger partial charge in [-0.15, -0.1) is 0 Å². The summed E-state index contributed by atoms with van der Waals surface area (Å²) < 4.78 is 0. The van der Waals surface area contributed by atoms with Crippen LogP contribution in [0, 0.1) is 0 Å². The normalized spacial score (nSPS) is 21.1. The van der Waals surface area contributed by atoms with E-state index in [1.54, 1.807) is 0 Å². The highest BCUT2D eigenvalue weighted by atomic mass is 15.2. The molecule has 13 heavy (non-hydrogen) atoms. The molecule has 0 bridgehead atoms. The number of hydrogen-bond acceptors (Lipinski definition) is 2. The third-order valence-corrected chi connectivity index (χ3v) is 2.42. The predicted molar refractivity (Wildman–Crippen MR) is 54.3 cm³/mol. The van der Waals surface area contributed by atoms with Gasteiger partial charge in [-0.2, -0.15) is 0 Å². The van der Waals surface area contributed by atoms with E-state index in [-0.39, 0.29) is 5.54 Å². The Hall–Kier alpha value is -0.860. The van der Waals surface area contributed by atoms with Crippen LogP contribution < -0.4 is 5.73 Å². The Morgan fingerprint density at radius 3 is 2.46 bits per heavy atom. The van der Waals surface area contributed by atoms with E-state index in [4.69, 9.17) is 5.73 Å². The Kier molecular flexibility index (Phi) is 2.10. The number of nitrogens with zero attached hydrogens (tertiary/aromatic N) is 1. The fraction of sp³-hybridized carbons (Fsp3) is 0.455. The predicted octanol–water partition coefficient (Wildman–Crippen LogP) is 1.22. The van der Waals surface area contributed by atoms with Crippen molar-refractivity contribution in [1.29, 1.82) is 0 Å². The lowest BCUT2D eigenvalue weighted by Crippen LogP contribution is -2.64. The summed E-state index contributed by atoms with van der Waals surface area (Å²) in [5, 5.41) is 0. The molecule has 0 atom stereocenters. The van der Waals surface area contributed by atoms with Gasteiger partial charge in [0.1, 0.15) is 0 Å². The molecule has 2 rings (SSSR count). The van der Waals surface area contributed by atoms with Gasteiger partial charge in [0, 0.05) is 25.2 Å². The van der Waals surface area contributed by atoms with Crippen LogP contribution in [0.25, 0.3) is 0 Å². The molecule has 0 aliphatic carbocycles. The van der Waals surface area contributed by atoms with Crippen molar-refractivity contribution in [3.05, 3.63) is 35.9 Å². The Balaban J connectivity index is 1.88. The van der Waals surface area contributed by atoms with Crippen LogP contribution in [-0.2, 0) is 6.54 Å². The van der Waals surface area contributed by atoms with Crippen LogP contribution in [-0.4, -0.2) is 23.5 Å². The molecule has 0 aromatic heterocycles. The third-order valence-electron chi connectivity index (χ3n) is 2.42. The van der Waals surface area contributed by atoms with Gasteiger partial charge in [-0.3, -0.25) is 4.90 Å². The molecule has 1 aliphatic heterocycles. The molecule has 2 heteroatoms. The van der Waals surface area contributed by atoms with Gasteiger partial charge in [-0.1, -0.05) is 30.3 Å². The van der Waals surface area contributed by atoms with Crippen LogP contribution in [0.4, 0.5) is 0 Å². The third kappa shape index (κ3) is 2.08. The second-order valence-corrected chi connectivity index (χ2v) is 4.28. The van der Waals surface area contributed by atoms with Gasteiger partial charge in [0.25, 0.3) is 0 Å². The van der Waals surface area contributed by atoms with Gasteiger partial charge in [0.05, 0.1) is 0 Å². The molecule has 1 aromatic rings. The minimum atomic E-state index is 0.0504. The van der Waals surface area contributed by atoms with Crippen molar-refractivity contribution in [2.75, 3.05) is 13.1 Å². The first-order chi connectivity index (χ1) is 6.16. The standard InChI is InChI=1S/C11H16N2/c1-11(12)8-13(9-11)7-10-5-3-2-4-6-10/h2-6H,7-9,12H2,1H3. The highest BCUT2D eigenvalue weighted by molar-refractivity contribution is 5.15. The van der Waals surface area contributed by atoms with Gasteiger partial charge in [0.2, 0.25) is 0 Å². The molecule has 1 heterocycles. The van der Waals surface area contributed by atoms with E-state index in [1.807, 2.05) is 6.07 Å². The zero-order valence-corrected chi connectivity index (χ0v) is 8.03.